The molecule has 23 heavy (non-hydrogen) atoms. The van der Waals surface area contributed by atoms with Crippen LogP contribution in [0.2, 0.25) is 0 Å². The van der Waals surface area contributed by atoms with Gasteiger partial charge < -0.3 is 0 Å². The van der Waals surface area contributed by atoms with Gasteiger partial charge in [0.05, 0.1) is 38.2 Å². The third kappa shape index (κ3) is 9.87. The maximum Gasteiger partial charge on any atom is 0.546 e. The van der Waals surface area contributed by atoms with E-state index in [1.54, 1.807) is 27.7 Å². The molecule has 0 saturated carbocycles. The third-order valence-electron chi connectivity index (χ3n) is 2.06. The zero-order chi connectivity index (χ0) is 17.9. The lowest BCUT2D eigenvalue weighted by molar-refractivity contribution is -0.302. The number of phosphoric acid groups is 1. The first-order valence-electron chi connectivity index (χ1n) is 6.80. The van der Waals surface area contributed by atoms with Crippen molar-refractivity contribution in [2.24, 2.45) is 0 Å². The van der Waals surface area contributed by atoms with Gasteiger partial charge in [-0.2, -0.15) is 20.2 Å². The van der Waals surface area contributed by atoms with E-state index >= 15 is 0 Å². The summed E-state index contributed by atoms with van der Waals surface area (Å²) in [6.07, 6.45) is 0.0361. The molecule has 0 spiro atoms. The van der Waals surface area contributed by atoms with Gasteiger partial charge in [0.25, 0.3) is 0 Å². The molecule has 0 aromatic heterocycles. The number of hydroxylamine groups is 2. The molecule has 0 bridgehead atoms. The summed E-state index contributed by atoms with van der Waals surface area (Å²) in [5.41, 5.74) is 0. The van der Waals surface area contributed by atoms with Crippen LogP contribution in [-0.2, 0) is 28.3 Å². The SMILES string of the molecule is CC(C)N(OP(=O)(OOCCC#N)OOCCC#N)C(C)(C)Cl. The van der Waals surface area contributed by atoms with Crippen molar-refractivity contribution in [2.75, 3.05) is 13.2 Å². The molecule has 0 atom stereocenters. The summed E-state index contributed by atoms with van der Waals surface area (Å²) in [4.78, 5) is 8.25. The fourth-order valence-electron chi connectivity index (χ4n) is 1.33. The molecular formula is C12H21ClN3O6P. The summed E-state index contributed by atoms with van der Waals surface area (Å²) >= 11 is 6.17. The van der Waals surface area contributed by atoms with Gasteiger partial charge in [0.1, 0.15) is 5.00 Å². The highest BCUT2D eigenvalue weighted by Gasteiger charge is 2.40. The van der Waals surface area contributed by atoms with Gasteiger partial charge in [-0.1, -0.05) is 0 Å². The molecule has 0 N–H and O–H groups in total. The van der Waals surface area contributed by atoms with Crippen molar-refractivity contribution in [3.63, 3.8) is 0 Å². The smallest absolute Gasteiger partial charge is 0.225 e. The van der Waals surface area contributed by atoms with Crippen molar-refractivity contribution in [3.8, 4) is 12.1 Å². The molecule has 11 heteroatoms. The van der Waals surface area contributed by atoms with Crippen LogP contribution in [0, 0.1) is 22.7 Å². The standard InChI is InChI=1S/C12H21ClN3O6P/c1-11(2)16(12(3,4)13)20-23(17,21-18-9-5-7-14)22-19-10-6-8-15/h11H,5-6,9-10H2,1-4H3. The van der Waals surface area contributed by atoms with Crippen LogP contribution in [0.1, 0.15) is 40.5 Å². The number of hydrogen-bond donors (Lipinski definition) is 0. The quantitative estimate of drug-likeness (QED) is 0.127. The van der Waals surface area contributed by atoms with Gasteiger partial charge in [0.2, 0.25) is 0 Å². The number of rotatable bonds is 12. The van der Waals surface area contributed by atoms with E-state index < -0.39 is 12.8 Å². The Hall–Kier alpha value is -0.740. The minimum absolute atomic E-state index is 0.0180. The van der Waals surface area contributed by atoms with Crippen molar-refractivity contribution in [2.45, 2.75) is 51.6 Å². The highest BCUT2D eigenvalue weighted by Crippen LogP contribution is 2.52. The lowest BCUT2D eigenvalue weighted by Gasteiger charge is -2.35. The molecule has 0 aliphatic carbocycles. The number of halogens is 1. The number of alkyl halides is 1. The molecule has 132 valence electrons. The topological polar surface area (TPSA) is 114 Å². The molecule has 0 aromatic rings. The van der Waals surface area contributed by atoms with Crippen molar-refractivity contribution in [1.82, 2.24) is 5.06 Å². The maximum atomic E-state index is 12.5. The molecule has 9 nitrogen and oxygen atoms in total. The summed E-state index contributed by atoms with van der Waals surface area (Å²) in [6, 6.07) is 3.37. The Balaban J connectivity index is 4.90. The van der Waals surface area contributed by atoms with Crippen LogP contribution in [0.3, 0.4) is 0 Å². The van der Waals surface area contributed by atoms with Crippen molar-refractivity contribution < 1.29 is 28.3 Å². The summed E-state index contributed by atoms with van der Waals surface area (Å²) in [5, 5.41) is 18.0. The molecular weight excluding hydrogens is 349 g/mol. The second-order valence-corrected chi connectivity index (χ2v) is 7.25. The average molecular weight is 370 g/mol. The van der Waals surface area contributed by atoms with Crippen LogP contribution in [0.4, 0.5) is 0 Å². The van der Waals surface area contributed by atoms with Gasteiger partial charge >= 0.3 is 7.82 Å². The third-order valence-corrected chi connectivity index (χ3v) is 3.18. The molecule has 0 radical (unpaired) electrons. The zero-order valence-corrected chi connectivity index (χ0v) is 15.2. The molecule has 0 rings (SSSR count). The van der Waals surface area contributed by atoms with Gasteiger partial charge in [0, 0.05) is 6.04 Å². The fraction of sp³-hybridized carbons (Fsp3) is 0.833. The maximum absolute atomic E-state index is 12.5. The minimum Gasteiger partial charge on any atom is -0.225 e. The van der Waals surface area contributed by atoms with E-state index in [1.165, 1.54) is 5.06 Å². The Bertz CT molecular complexity index is 445. The minimum atomic E-state index is -4.33. The molecule has 0 aliphatic heterocycles. The Labute approximate surface area is 141 Å². The lowest BCUT2D eigenvalue weighted by Crippen LogP contribution is -2.43. The highest BCUT2D eigenvalue weighted by atomic mass is 35.5. The Morgan fingerprint density at radius 3 is 1.87 bits per heavy atom. The summed E-state index contributed by atoms with van der Waals surface area (Å²) < 4.78 is 27.0. The van der Waals surface area contributed by atoms with Crippen LogP contribution in [0.5, 0.6) is 0 Å². The number of hydrogen-bond acceptors (Lipinski definition) is 9. The summed E-state index contributed by atoms with van der Waals surface area (Å²) in [6.45, 7) is 6.45. The number of nitrogens with zero attached hydrogens (tertiary/aromatic N) is 3. The summed E-state index contributed by atoms with van der Waals surface area (Å²) in [5.74, 6) is 0. The molecule has 0 saturated heterocycles. The molecule has 0 amide bonds. The van der Waals surface area contributed by atoms with Crippen molar-refractivity contribution in [1.29, 1.82) is 10.5 Å². The highest BCUT2D eigenvalue weighted by molar-refractivity contribution is 7.48. The normalized spacial score (nSPS) is 12.4. The van der Waals surface area contributed by atoms with E-state index in [0.29, 0.717) is 0 Å². The Morgan fingerprint density at radius 2 is 1.57 bits per heavy atom. The fourth-order valence-corrected chi connectivity index (χ4v) is 2.70. The number of nitriles is 2. The monoisotopic (exact) mass is 369 g/mol. The van der Waals surface area contributed by atoms with Crippen LogP contribution < -0.4 is 0 Å². The van der Waals surface area contributed by atoms with Gasteiger partial charge in [-0.15, -0.1) is 20.9 Å². The predicted molar refractivity (Wildman–Crippen MR) is 80.1 cm³/mol. The first-order chi connectivity index (χ1) is 10.7. The van der Waals surface area contributed by atoms with E-state index in [4.69, 9.17) is 26.7 Å². The first kappa shape index (κ1) is 22.3. The molecule has 0 aliphatic rings. The second-order valence-electron chi connectivity index (χ2n) is 4.97. The summed E-state index contributed by atoms with van der Waals surface area (Å²) in [7, 11) is -4.33. The van der Waals surface area contributed by atoms with Crippen molar-refractivity contribution >= 4 is 19.4 Å². The van der Waals surface area contributed by atoms with Crippen LogP contribution in [-0.4, -0.2) is 29.3 Å². The Kier molecular flexibility index (Phi) is 10.6. The van der Waals surface area contributed by atoms with E-state index in [9.17, 15) is 4.57 Å². The van der Waals surface area contributed by atoms with Gasteiger partial charge in [0.15, 0.2) is 0 Å². The van der Waals surface area contributed by atoms with Crippen LogP contribution in [0.15, 0.2) is 0 Å². The average Bonchev–Trinajstić information content (AvgIpc) is 2.45. The second kappa shape index (κ2) is 10.9. The zero-order valence-electron chi connectivity index (χ0n) is 13.5. The van der Waals surface area contributed by atoms with E-state index in [2.05, 4.69) is 19.1 Å². The van der Waals surface area contributed by atoms with Crippen molar-refractivity contribution in [3.05, 3.63) is 0 Å². The largest absolute Gasteiger partial charge is 0.546 e. The van der Waals surface area contributed by atoms with Gasteiger partial charge in [-0.25, -0.2) is 14.3 Å². The molecule has 0 unspecified atom stereocenters. The van der Waals surface area contributed by atoms with E-state index in [0.717, 1.165) is 0 Å². The predicted octanol–water partition coefficient (Wildman–Crippen LogP) is 3.44. The van der Waals surface area contributed by atoms with Gasteiger partial charge in [-0.3, -0.25) is 0 Å². The molecule has 0 heterocycles. The van der Waals surface area contributed by atoms with E-state index in [-0.39, 0.29) is 32.1 Å². The Morgan fingerprint density at radius 1 is 1.13 bits per heavy atom. The molecule has 0 fully saturated rings. The van der Waals surface area contributed by atoms with E-state index in [1.807, 2.05) is 12.1 Å². The van der Waals surface area contributed by atoms with Crippen LogP contribution >= 0.6 is 19.4 Å². The molecule has 0 aromatic carbocycles. The lowest BCUT2D eigenvalue weighted by atomic mass is 10.3. The van der Waals surface area contributed by atoms with Crippen LogP contribution in [0.25, 0.3) is 0 Å². The van der Waals surface area contributed by atoms with Gasteiger partial charge in [-0.05, 0) is 27.7 Å². The first-order valence-corrected chi connectivity index (χ1v) is 8.64.